The van der Waals surface area contributed by atoms with Crippen LogP contribution in [0, 0.1) is 0 Å². The zero-order chi connectivity index (χ0) is 9.84. The number of rotatable bonds is 4. The molecule has 13 heavy (non-hydrogen) atoms. The number of nitrogens with one attached hydrogen (secondary N) is 1. The van der Waals surface area contributed by atoms with Crippen LogP contribution in [0.5, 0.6) is 0 Å². The molecule has 0 aromatic carbocycles. The molecule has 1 aromatic heterocycles. The number of aryl methyl sites for hydroxylation is 1. The number of hydrogen-bond acceptors (Lipinski definition) is 3. The van der Waals surface area contributed by atoms with Crippen LogP contribution in [0.1, 0.15) is 18.8 Å². The summed E-state index contributed by atoms with van der Waals surface area (Å²) in [7, 11) is 1.91. The average Bonchev–Trinajstić information content (AvgIpc) is 2.47. The number of primary amides is 1. The summed E-state index contributed by atoms with van der Waals surface area (Å²) in [4.78, 5) is 14.6. The Labute approximate surface area is 76.9 Å². The lowest BCUT2D eigenvalue weighted by atomic mass is 10.3. The molecule has 0 fully saturated rings. The van der Waals surface area contributed by atoms with E-state index in [9.17, 15) is 4.79 Å². The van der Waals surface area contributed by atoms with Crippen molar-refractivity contribution < 1.29 is 4.79 Å². The van der Waals surface area contributed by atoms with Gasteiger partial charge in [0.15, 0.2) is 0 Å². The molecular formula is C8H14N4O. The van der Waals surface area contributed by atoms with Crippen molar-refractivity contribution in [2.45, 2.75) is 13.0 Å². The quantitative estimate of drug-likeness (QED) is 0.662. The number of carbonyl (C=O) groups excluding carboxylic acids is 1. The lowest BCUT2D eigenvalue weighted by Gasteiger charge is -2.11. The zero-order valence-corrected chi connectivity index (χ0v) is 7.82. The highest BCUT2D eigenvalue weighted by Crippen LogP contribution is 2.06. The first kappa shape index (κ1) is 9.73. The fourth-order valence-corrected chi connectivity index (χ4v) is 1.14. The molecule has 0 radical (unpaired) electrons. The normalized spacial score (nSPS) is 12.8. The number of aromatic nitrogens is 2. The molecule has 1 amide bonds. The van der Waals surface area contributed by atoms with Crippen LogP contribution in [-0.4, -0.2) is 22.0 Å². The van der Waals surface area contributed by atoms with E-state index in [0.29, 0.717) is 0 Å². The van der Waals surface area contributed by atoms with Gasteiger partial charge in [-0.15, -0.1) is 0 Å². The minimum atomic E-state index is -0.360. The summed E-state index contributed by atoms with van der Waals surface area (Å²) in [6.07, 6.45) is 3.58. The number of amides is 1. The first-order valence-corrected chi connectivity index (χ1v) is 4.10. The summed E-state index contributed by atoms with van der Waals surface area (Å²) in [5.41, 5.74) is 5.00. The average molecular weight is 182 g/mol. The monoisotopic (exact) mass is 182 g/mol. The number of hydrogen-bond donors (Lipinski definition) is 2. The van der Waals surface area contributed by atoms with E-state index in [4.69, 9.17) is 5.73 Å². The van der Waals surface area contributed by atoms with E-state index in [1.807, 2.05) is 24.7 Å². The Bertz CT molecular complexity index is 294. The molecular weight excluding hydrogens is 168 g/mol. The predicted molar refractivity (Wildman–Crippen MR) is 48.8 cm³/mol. The van der Waals surface area contributed by atoms with E-state index < -0.39 is 0 Å². The van der Waals surface area contributed by atoms with Crippen LogP contribution in [0.25, 0.3) is 0 Å². The molecule has 0 spiro atoms. The molecule has 0 aliphatic rings. The molecule has 72 valence electrons. The van der Waals surface area contributed by atoms with Gasteiger partial charge in [-0.1, -0.05) is 0 Å². The lowest BCUT2D eigenvalue weighted by Crippen LogP contribution is -2.31. The minimum absolute atomic E-state index is 0.0347. The Balaban J connectivity index is 2.53. The summed E-state index contributed by atoms with van der Waals surface area (Å²) >= 11 is 0. The Kier molecular flexibility index (Phi) is 3.02. The maximum Gasteiger partial charge on any atom is 0.231 e. The van der Waals surface area contributed by atoms with E-state index in [2.05, 4.69) is 10.3 Å². The Hall–Kier alpha value is -1.36. The molecule has 0 aliphatic heterocycles. The van der Waals surface area contributed by atoms with Gasteiger partial charge in [0.05, 0.1) is 12.6 Å². The second-order valence-corrected chi connectivity index (χ2v) is 2.97. The van der Waals surface area contributed by atoms with E-state index in [0.717, 1.165) is 5.82 Å². The van der Waals surface area contributed by atoms with Gasteiger partial charge in [0.1, 0.15) is 5.82 Å². The van der Waals surface area contributed by atoms with Crippen molar-refractivity contribution in [1.29, 1.82) is 0 Å². The highest BCUT2D eigenvalue weighted by molar-refractivity contribution is 5.75. The highest BCUT2D eigenvalue weighted by Gasteiger charge is 2.09. The standard InChI is InChI=1S/C8H14N4O/c1-6(11-5-7(9)13)8-10-3-4-12(8)2/h3-4,6,11H,5H2,1-2H3,(H2,9,13). The minimum Gasteiger partial charge on any atom is -0.369 e. The Morgan fingerprint density at radius 2 is 2.54 bits per heavy atom. The van der Waals surface area contributed by atoms with Crippen LogP contribution in [0.4, 0.5) is 0 Å². The third kappa shape index (κ3) is 2.55. The number of nitrogens with zero attached hydrogens (tertiary/aromatic N) is 2. The molecule has 0 bridgehead atoms. The van der Waals surface area contributed by atoms with E-state index >= 15 is 0 Å². The molecule has 1 atom stereocenters. The largest absolute Gasteiger partial charge is 0.369 e. The third-order valence-corrected chi connectivity index (χ3v) is 1.83. The maximum absolute atomic E-state index is 10.5. The molecule has 0 aliphatic carbocycles. The van der Waals surface area contributed by atoms with Crippen molar-refractivity contribution in [3.8, 4) is 0 Å². The SMILES string of the molecule is CC(NCC(N)=O)c1nccn1C. The van der Waals surface area contributed by atoms with Crippen LogP contribution >= 0.6 is 0 Å². The third-order valence-electron chi connectivity index (χ3n) is 1.83. The van der Waals surface area contributed by atoms with Gasteiger partial charge in [-0.25, -0.2) is 4.98 Å². The van der Waals surface area contributed by atoms with Crippen LogP contribution in [-0.2, 0) is 11.8 Å². The van der Waals surface area contributed by atoms with E-state index in [1.165, 1.54) is 0 Å². The van der Waals surface area contributed by atoms with Crippen molar-refractivity contribution in [2.24, 2.45) is 12.8 Å². The van der Waals surface area contributed by atoms with Crippen molar-refractivity contribution in [2.75, 3.05) is 6.54 Å². The summed E-state index contributed by atoms with van der Waals surface area (Å²) in [6, 6.07) is 0.0347. The van der Waals surface area contributed by atoms with Gasteiger partial charge in [-0.2, -0.15) is 0 Å². The second kappa shape index (κ2) is 4.04. The van der Waals surface area contributed by atoms with Gasteiger partial charge >= 0.3 is 0 Å². The smallest absolute Gasteiger partial charge is 0.231 e. The second-order valence-electron chi connectivity index (χ2n) is 2.97. The van der Waals surface area contributed by atoms with E-state index in [-0.39, 0.29) is 18.5 Å². The highest BCUT2D eigenvalue weighted by atomic mass is 16.1. The molecule has 1 heterocycles. The predicted octanol–water partition coefficient (Wildman–Crippen LogP) is -0.444. The molecule has 1 aromatic rings. The van der Waals surface area contributed by atoms with Gasteiger partial charge in [0.25, 0.3) is 0 Å². The summed E-state index contributed by atoms with van der Waals surface area (Å²) < 4.78 is 1.90. The zero-order valence-electron chi connectivity index (χ0n) is 7.82. The van der Waals surface area contributed by atoms with Crippen molar-refractivity contribution in [3.63, 3.8) is 0 Å². The maximum atomic E-state index is 10.5. The molecule has 0 saturated carbocycles. The number of carbonyl (C=O) groups is 1. The van der Waals surface area contributed by atoms with Crippen LogP contribution in [0.2, 0.25) is 0 Å². The van der Waals surface area contributed by atoms with E-state index in [1.54, 1.807) is 6.20 Å². The van der Waals surface area contributed by atoms with Crippen LogP contribution < -0.4 is 11.1 Å². The van der Waals surface area contributed by atoms with Gasteiger partial charge in [0.2, 0.25) is 5.91 Å². The lowest BCUT2D eigenvalue weighted by molar-refractivity contribution is -0.117. The molecule has 1 rings (SSSR count). The van der Waals surface area contributed by atoms with Crippen molar-refractivity contribution in [3.05, 3.63) is 18.2 Å². The van der Waals surface area contributed by atoms with Crippen LogP contribution in [0.15, 0.2) is 12.4 Å². The fraction of sp³-hybridized carbons (Fsp3) is 0.500. The topological polar surface area (TPSA) is 72.9 Å². The summed E-state index contributed by atoms with van der Waals surface area (Å²) in [5, 5.41) is 2.97. The number of imidazole rings is 1. The molecule has 5 nitrogen and oxygen atoms in total. The fourth-order valence-electron chi connectivity index (χ4n) is 1.14. The van der Waals surface area contributed by atoms with Gasteiger partial charge in [0, 0.05) is 19.4 Å². The first-order valence-electron chi connectivity index (χ1n) is 4.10. The van der Waals surface area contributed by atoms with Gasteiger partial charge in [-0.05, 0) is 6.92 Å². The number of nitrogens with two attached hydrogens (primary N) is 1. The Morgan fingerprint density at radius 3 is 3.00 bits per heavy atom. The molecule has 0 saturated heterocycles. The first-order chi connectivity index (χ1) is 6.11. The molecule has 1 unspecified atom stereocenters. The Morgan fingerprint density at radius 1 is 1.85 bits per heavy atom. The van der Waals surface area contributed by atoms with Crippen molar-refractivity contribution >= 4 is 5.91 Å². The van der Waals surface area contributed by atoms with Gasteiger partial charge < -0.3 is 10.3 Å². The van der Waals surface area contributed by atoms with Gasteiger partial charge in [-0.3, -0.25) is 10.1 Å². The van der Waals surface area contributed by atoms with Crippen LogP contribution in [0.3, 0.4) is 0 Å². The molecule has 3 N–H and O–H groups in total. The van der Waals surface area contributed by atoms with Crippen molar-refractivity contribution in [1.82, 2.24) is 14.9 Å². The molecule has 5 heteroatoms. The summed E-state index contributed by atoms with van der Waals surface area (Å²) in [5.74, 6) is 0.530. The summed E-state index contributed by atoms with van der Waals surface area (Å²) in [6.45, 7) is 2.11.